The predicted octanol–water partition coefficient (Wildman–Crippen LogP) is 3.41. The van der Waals surface area contributed by atoms with Gasteiger partial charge in [0.1, 0.15) is 11.6 Å². The molecule has 2 amide bonds. The molecule has 0 saturated heterocycles. The van der Waals surface area contributed by atoms with Gasteiger partial charge in [0, 0.05) is 25.7 Å². The molecule has 0 aliphatic carbocycles. The van der Waals surface area contributed by atoms with Crippen LogP contribution >= 0.6 is 0 Å². The van der Waals surface area contributed by atoms with E-state index in [0.717, 1.165) is 0 Å². The number of urea groups is 1. The first-order valence-corrected chi connectivity index (χ1v) is 6.99. The summed E-state index contributed by atoms with van der Waals surface area (Å²) in [6, 6.07) is 9.30. The monoisotopic (exact) mass is 333 g/mol. The molecule has 0 aromatic heterocycles. The standard InChI is InChI=1S/C16H16FN3O4/c1-19(10-11-4-3-5-12(17)8-11)16(21)18-14-9-13(20(22)23)6-7-15(14)24-2/h3-9H,10H2,1-2H3,(H,18,21). The van der Waals surface area contributed by atoms with Gasteiger partial charge in [-0.25, -0.2) is 9.18 Å². The van der Waals surface area contributed by atoms with Crippen LogP contribution in [0.4, 0.5) is 20.6 Å². The molecule has 0 saturated carbocycles. The van der Waals surface area contributed by atoms with Crippen LogP contribution < -0.4 is 10.1 Å². The van der Waals surface area contributed by atoms with E-state index in [2.05, 4.69) is 5.32 Å². The molecule has 2 rings (SSSR count). The van der Waals surface area contributed by atoms with E-state index in [1.165, 1.54) is 49.4 Å². The van der Waals surface area contributed by atoms with Crippen molar-refractivity contribution in [1.29, 1.82) is 0 Å². The Morgan fingerprint density at radius 1 is 1.33 bits per heavy atom. The number of rotatable bonds is 5. The Hall–Kier alpha value is -3.16. The van der Waals surface area contributed by atoms with E-state index >= 15 is 0 Å². The number of carbonyl (C=O) groups is 1. The van der Waals surface area contributed by atoms with Crippen molar-refractivity contribution >= 4 is 17.4 Å². The van der Waals surface area contributed by atoms with Gasteiger partial charge in [0.2, 0.25) is 0 Å². The zero-order valence-corrected chi connectivity index (χ0v) is 13.2. The smallest absolute Gasteiger partial charge is 0.321 e. The molecule has 0 bridgehead atoms. The molecule has 0 spiro atoms. The maximum Gasteiger partial charge on any atom is 0.321 e. The first-order valence-electron chi connectivity index (χ1n) is 6.99. The third-order valence-electron chi connectivity index (χ3n) is 3.29. The van der Waals surface area contributed by atoms with Crippen molar-refractivity contribution in [3.8, 4) is 5.75 Å². The van der Waals surface area contributed by atoms with Gasteiger partial charge in [-0.2, -0.15) is 0 Å². The fraction of sp³-hybridized carbons (Fsp3) is 0.188. The van der Waals surface area contributed by atoms with Crippen LogP contribution in [0.15, 0.2) is 42.5 Å². The maximum atomic E-state index is 13.2. The number of nitro benzene ring substituents is 1. The summed E-state index contributed by atoms with van der Waals surface area (Å²) in [6.07, 6.45) is 0. The summed E-state index contributed by atoms with van der Waals surface area (Å²) >= 11 is 0. The summed E-state index contributed by atoms with van der Waals surface area (Å²) in [5.74, 6) is -0.0882. The van der Waals surface area contributed by atoms with E-state index in [9.17, 15) is 19.3 Å². The van der Waals surface area contributed by atoms with Gasteiger partial charge in [0.25, 0.3) is 5.69 Å². The molecule has 8 heteroatoms. The Bertz CT molecular complexity index is 767. The van der Waals surface area contributed by atoms with Gasteiger partial charge >= 0.3 is 6.03 Å². The number of nitrogens with zero attached hydrogens (tertiary/aromatic N) is 2. The number of carbonyl (C=O) groups excluding carboxylic acids is 1. The largest absolute Gasteiger partial charge is 0.495 e. The first-order chi connectivity index (χ1) is 11.4. The Labute approximate surface area is 137 Å². The van der Waals surface area contributed by atoms with E-state index in [1.54, 1.807) is 12.1 Å². The lowest BCUT2D eigenvalue weighted by atomic mass is 10.2. The quantitative estimate of drug-likeness (QED) is 0.671. The van der Waals surface area contributed by atoms with Gasteiger partial charge in [0.15, 0.2) is 0 Å². The van der Waals surface area contributed by atoms with Crippen LogP contribution in [0.3, 0.4) is 0 Å². The second-order valence-corrected chi connectivity index (χ2v) is 5.06. The highest BCUT2D eigenvalue weighted by Gasteiger charge is 2.16. The number of hydrogen-bond donors (Lipinski definition) is 1. The summed E-state index contributed by atoms with van der Waals surface area (Å²) < 4.78 is 18.3. The highest BCUT2D eigenvalue weighted by atomic mass is 19.1. The van der Waals surface area contributed by atoms with Crippen molar-refractivity contribution in [2.24, 2.45) is 0 Å². The average Bonchev–Trinajstić information content (AvgIpc) is 2.54. The lowest BCUT2D eigenvalue weighted by Crippen LogP contribution is -2.31. The van der Waals surface area contributed by atoms with Crippen molar-refractivity contribution in [3.63, 3.8) is 0 Å². The summed E-state index contributed by atoms with van der Waals surface area (Å²) in [5, 5.41) is 13.4. The highest BCUT2D eigenvalue weighted by molar-refractivity contribution is 5.91. The molecule has 0 fully saturated rings. The van der Waals surface area contributed by atoms with Crippen LogP contribution in [0.2, 0.25) is 0 Å². The molecule has 1 N–H and O–H groups in total. The minimum atomic E-state index is -0.564. The van der Waals surface area contributed by atoms with E-state index in [1.807, 2.05) is 0 Å². The normalized spacial score (nSPS) is 10.1. The second kappa shape index (κ2) is 7.40. The number of hydrogen-bond acceptors (Lipinski definition) is 4. The molecule has 24 heavy (non-hydrogen) atoms. The minimum absolute atomic E-state index is 0.168. The van der Waals surface area contributed by atoms with Crippen LogP contribution in [-0.4, -0.2) is 30.0 Å². The summed E-state index contributed by atoms with van der Waals surface area (Å²) in [6.45, 7) is 0.181. The van der Waals surface area contributed by atoms with Gasteiger partial charge in [0.05, 0.1) is 17.7 Å². The molecular formula is C16H16FN3O4. The van der Waals surface area contributed by atoms with Gasteiger partial charge in [-0.15, -0.1) is 0 Å². The van der Waals surface area contributed by atoms with E-state index in [-0.39, 0.29) is 23.7 Å². The molecule has 0 aliphatic rings. The third kappa shape index (κ3) is 4.19. The molecule has 2 aromatic carbocycles. The number of non-ortho nitro benzene ring substituents is 1. The van der Waals surface area contributed by atoms with Crippen molar-refractivity contribution in [2.45, 2.75) is 6.54 Å². The second-order valence-electron chi connectivity index (χ2n) is 5.06. The summed E-state index contributed by atoms with van der Waals surface area (Å²) in [4.78, 5) is 23.9. The van der Waals surface area contributed by atoms with Gasteiger partial charge in [-0.1, -0.05) is 12.1 Å². The van der Waals surface area contributed by atoms with Crippen molar-refractivity contribution < 1.29 is 18.8 Å². The zero-order valence-electron chi connectivity index (χ0n) is 13.2. The molecule has 126 valence electrons. The number of nitro groups is 1. The van der Waals surface area contributed by atoms with Gasteiger partial charge < -0.3 is 15.0 Å². The predicted molar refractivity (Wildman–Crippen MR) is 86.5 cm³/mol. The summed E-state index contributed by atoms with van der Waals surface area (Å²) in [7, 11) is 2.93. The van der Waals surface area contributed by atoms with E-state index in [4.69, 9.17) is 4.74 Å². The van der Waals surface area contributed by atoms with Crippen molar-refractivity contribution in [3.05, 3.63) is 64.0 Å². The number of benzene rings is 2. The van der Waals surface area contributed by atoms with Crippen molar-refractivity contribution in [1.82, 2.24) is 4.90 Å². The van der Waals surface area contributed by atoms with Gasteiger partial charge in [-0.05, 0) is 23.8 Å². The number of methoxy groups -OCH3 is 1. The molecule has 0 aliphatic heterocycles. The molecular weight excluding hydrogens is 317 g/mol. The SMILES string of the molecule is COc1ccc([N+](=O)[O-])cc1NC(=O)N(C)Cc1cccc(F)c1. The van der Waals surface area contributed by atoms with E-state index < -0.39 is 11.0 Å². The van der Waals surface area contributed by atoms with Crippen LogP contribution in [0.5, 0.6) is 5.75 Å². The fourth-order valence-corrected chi connectivity index (χ4v) is 2.10. The fourth-order valence-electron chi connectivity index (χ4n) is 2.10. The number of ether oxygens (including phenoxy) is 1. The first kappa shape index (κ1) is 17.2. The van der Waals surface area contributed by atoms with Crippen LogP contribution in [-0.2, 0) is 6.54 Å². The Morgan fingerprint density at radius 2 is 2.08 bits per heavy atom. The maximum absolute atomic E-state index is 13.2. The molecule has 0 radical (unpaired) electrons. The van der Waals surface area contributed by atoms with Crippen LogP contribution in [0, 0.1) is 15.9 Å². The Morgan fingerprint density at radius 3 is 2.71 bits per heavy atom. The number of nitrogens with one attached hydrogen (secondary N) is 1. The van der Waals surface area contributed by atoms with E-state index in [0.29, 0.717) is 11.3 Å². The van der Waals surface area contributed by atoms with Crippen LogP contribution in [0.25, 0.3) is 0 Å². The van der Waals surface area contributed by atoms with Crippen LogP contribution in [0.1, 0.15) is 5.56 Å². The molecule has 0 unspecified atom stereocenters. The highest BCUT2D eigenvalue weighted by Crippen LogP contribution is 2.29. The number of anilines is 1. The number of halogens is 1. The zero-order chi connectivity index (χ0) is 17.7. The summed E-state index contributed by atoms with van der Waals surface area (Å²) in [5.41, 5.74) is 0.639. The lowest BCUT2D eigenvalue weighted by Gasteiger charge is -2.19. The number of amides is 2. The Balaban J connectivity index is 2.13. The average molecular weight is 333 g/mol. The molecule has 7 nitrogen and oxygen atoms in total. The lowest BCUT2D eigenvalue weighted by molar-refractivity contribution is -0.384. The third-order valence-corrected chi connectivity index (χ3v) is 3.29. The minimum Gasteiger partial charge on any atom is -0.495 e. The van der Waals surface area contributed by atoms with Crippen molar-refractivity contribution in [2.75, 3.05) is 19.5 Å². The Kier molecular flexibility index (Phi) is 5.31. The topological polar surface area (TPSA) is 84.7 Å². The van der Waals surface area contributed by atoms with Gasteiger partial charge in [-0.3, -0.25) is 10.1 Å². The molecule has 0 heterocycles. The molecule has 2 aromatic rings. The molecule has 0 atom stereocenters.